The van der Waals surface area contributed by atoms with Crippen LogP contribution in [0, 0.1) is 0 Å². The van der Waals surface area contributed by atoms with E-state index in [1.807, 2.05) is 48.5 Å². The van der Waals surface area contributed by atoms with Gasteiger partial charge >= 0.3 is 0 Å². The van der Waals surface area contributed by atoms with E-state index in [-0.39, 0.29) is 5.56 Å². The van der Waals surface area contributed by atoms with Crippen molar-refractivity contribution in [3.63, 3.8) is 0 Å². The number of hydrogen-bond acceptors (Lipinski definition) is 4. The molecule has 116 valence electrons. The van der Waals surface area contributed by atoms with E-state index in [0.29, 0.717) is 31.1 Å². The molecule has 0 radical (unpaired) electrons. The fraction of sp³-hybridized carbons (Fsp3) is 0.167. The first-order chi connectivity index (χ1) is 11.3. The minimum Gasteiger partial charge on any atom is -0.486 e. The molecule has 2 N–H and O–H groups in total. The van der Waals surface area contributed by atoms with Crippen LogP contribution in [0.4, 0.5) is 5.69 Å². The Labute approximate surface area is 132 Å². The van der Waals surface area contributed by atoms with E-state index in [9.17, 15) is 4.79 Å². The normalized spacial score (nSPS) is 13.0. The zero-order chi connectivity index (χ0) is 15.6. The number of pyridine rings is 1. The molecule has 0 amide bonds. The van der Waals surface area contributed by atoms with E-state index in [4.69, 9.17) is 9.47 Å². The number of para-hydroxylation sites is 1. The fourth-order valence-corrected chi connectivity index (χ4v) is 2.67. The number of aromatic nitrogens is 1. The van der Waals surface area contributed by atoms with Gasteiger partial charge in [0, 0.05) is 29.2 Å². The molecule has 0 atom stereocenters. The first-order valence-corrected chi connectivity index (χ1v) is 7.54. The molecule has 23 heavy (non-hydrogen) atoms. The summed E-state index contributed by atoms with van der Waals surface area (Å²) in [4.78, 5) is 15.2. The smallest absolute Gasteiger partial charge is 0.253 e. The highest BCUT2D eigenvalue weighted by Gasteiger charge is 2.14. The van der Waals surface area contributed by atoms with Gasteiger partial charge in [-0.05, 0) is 24.3 Å². The van der Waals surface area contributed by atoms with Gasteiger partial charge in [0.15, 0.2) is 11.5 Å². The lowest BCUT2D eigenvalue weighted by molar-refractivity contribution is 0.172. The maximum absolute atomic E-state index is 12.3. The van der Waals surface area contributed by atoms with Crippen molar-refractivity contribution in [3.8, 4) is 11.5 Å². The molecule has 3 aromatic rings. The Morgan fingerprint density at radius 2 is 1.74 bits per heavy atom. The summed E-state index contributed by atoms with van der Waals surface area (Å²) in [6, 6.07) is 15.4. The second-order valence-electron chi connectivity index (χ2n) is 5.43. The SMILES string of the molecule is O=c1[nH]c2cc3c(cc2cc1CNc1ccccc1)OCCO3. The number of ether oxygens (including phenoxy) is 2. The van der Waals surface area contributed by atoms with Crippen molar-refractivity contribution in [2.45, 2.75) is 6.54 Å². The Bertz CT molecular complexity index is 903. The van der Waals surface area contributed by atoms with Gasteiger partial charge in [-0.15, -0.1) is 0 Å². The van der Waals surface area contributed by atoms with Gasteiger partial charge in [-0.2, -0.15) is 0 Å². The fourth-order valence-electron chi connectivity index (χ4n) is 2.67. The third kappa shape index (κ3) is 2.73. The van der Waals surface area contributed by atoms with Crippen molar-refractivity contribution in [2.24, 2.45) is 0 Å². The topological polar surface area (TPSA) is 63.4 Å². The number of benzene rings is 2. The van der Waals surface area contributed by atoms with Crippen molar-refractivity contribution in [3.05, 3.63) is 64.4 Å². The van der Waals surface area contributed by atoms with E-state index in [1.165, 1.54) is 0 Å². The number of aromatic amines is 1. The Kier molecular flexibility index (Phi) is 3.38. The van der Waals surface area contributed by atoms with E-state index >= 15 is 0 Å². The number of nitrogens with one attached hydrogen (secondary N) is 2. The van der Waals surface area contributed by atoms with Crippen LogP contribution in [-0.2, 0) is 6.54 Å². The molecule has 2 aromatic carbocycles. The summed E-state index contributed by atoms with van der Waals surface area (Å²) < 4.78 is 11.1. The number of H-pyrrole nitrogens is 1. The molecule has 5 nitrogen and oxygen atoms in total. The van der Waals surface area contributed by atoms with Gasteiger partial charge in [0.1, 0.15) is 13.2 Å². The van der Waals surface area contributed by atoms with E-state index in [0.717, 1.165) is 22.3 Å². The molecular formula is C18H16N2O3. The largest absolute Gasteiger partial charge is 0.486 e. The number of hydrogen-bond donors (Lipinski definition) is 2. The average molecular weight is 308 g/mol. The monoisotopic (exact) mass is 308 g/mol. The van der Waals surface area contributed by atoms with Crippen LogP contribution in [0.15, 0.2) is 53.3 Å². The highest BCUT2D eigenvalue weighted by atomic mass is 16.6. The standard InChI is InChI=1S/C18H16N2O3/c21-18-13(11-19-14-4-2-1-3-5-14)8-12-9-16-17(10-15(12)20-18)23-7-6-22-16/h1-5,8-10,19H,6-7,11H2,(H,20,21). The Morgan fingerprint density at radius 3 is 2.52 bits per heavy atom. The molecule has 0 fully saturated rings. The van der Waals surface area contributed by atoms with Crippen molar-refractivity contribution in [1.29, 1.82) is 0 Å². The minimum absolute atomic E-state index is 0.0994. The molecule has 0 saturated carbocycles. The summed E-state index contributed by atoms with van der Waals surface area (Å²) in [5.41, 5.74) is 2.31. The van der Waals surface area contributed by atoms with Crippen LogP contribution in [0.1, 0.15) is 5.56 Å². The van der Waals surface area contributed by atoms with Crippen LogP contribution in [0.3, 0.4) is 0 Å². The Balaban J connectivity index is 1.67. The van der Waals surface area contributed by atoms with Crippen molar-refractivity contribution in [2.75, 3.05) is 18.5 Å². The molecule has 4 rings (SSSR count). The van der Waals surface area contributed by atoms with E-state index < -0.39 is 0 Å². The van der Waals surface area contributed by atoms with Gasteiger partial charge in [0.05, 0.1) is 5.52 Å². The summed E-state index contributed by atoms with van der Waals surface area (Å²) in [6.07, 6.45) is 0. The van der Waals surface area contributed by atoms with Crippen LogP contribution in [0.2, 0.25) is 0 Å². The summed E-state index contributed by atoms with van der Waals surface area (Å²) in [6.45, 7) is 1.54. The highest BCUT2D eigenvalue weighted by Crippen LogP contribution is 2.33. The highest BCUT2D eigenvalue weighted by molar-refractivity contribution is 5.83. The number of fused-ring (bicyclic) bond motifs is 2. The molecule has 5 heteroatoms. The third-order valence-electron chi connectivity index (χ3n) is 3.84. The lowest BCUT2D eigenvalue weighted by Crippen LogP contribution is -2.17. The second kappa shape index (κ2) is 5.68. The Hall–Kier alpha value is -2.95. The van der Waals surface area contributed by atoms with Crippen molar-refractivity contribution < 1.29 is 9.47 Å². The van der Waals surface area contributed by atoms with Crippen LogP contribution < -0.4 is 20.3 Å². The predicted octanol–water partition coefficient (Wildman–Crippen LogP) is 2.91. The van der Waals surface area contributed by atoms with Crippen LogP contribution in [0.25, 0.3) is 10.9 Å². The van der Waals surface area contributed by atoms with Gasteiger partial charge in [-0.25, -0.2) is 0 Å². The molecule has 1 aliphatic heterocycles. The van der Waals surface area contributed by atoms with E-state index in [2.05, 4.69) is 10.3 Å². The third-order valence-corrected chi connectivity index (χ3v) is 3.84. The lowest BCUT2D eigenvalue weighted by atomic mass is 10.1. The van der Waals surface area contributed by atoms with Gasteiger partial charge in [-0.1, -0.05) is 18.2 Å². The molecule has 0 aliphatic carbocycles. The van der Waals surface area contributed by atoms with Crippen LogP contribution >= 0.6 is 0 Å². The van der Waals surface area contributed by atoms with Gasteiger partial charge in [0.25, 0.3) is 5.56 Å². The van der Waals surface area contributed by atoms with Crippen LogP contribution in [0.5, 0.6) is 11.5 Å². The summed E-state index contributed by atoms with van der Waals surface area (Å²) in [7, 11) is 0. The molecule has 0 spiro atoms. The lowest BCUT2D eigenvalue weighted by Gasteiger charge is -2.19. The molecule has 2 heterocycles. The molecule has 0 unspecified atom stereocenters. The van der Waals surface area contributed by atoms with Gasteiger partial charge in [0.2, 0.25) is 0 Å². The van der Waals surface area contributed by atoms with Gasteiger partial charge < -0.3 is 19.8 Å². The van der Waals surface area contributed by atoms with Gasteiger partial charge in [-0.3, -0.25) is 4.79 Å². The summed E-state index contributed by atoms with van der Waals surface area (Å²) >= 11 is 0. The number of anilines is 1. The van der Waals surface area contributed by atoms with E-state index in [1.54, 1.807) is 0 Å². The summed E-state index contributed by atoms with van der Waals surface area (Å²) in [5.74, 6) is 1.40. The maximum atomic E-state index is 12.3. The molecule has 0 saturated heterocycles. The zero-order valence-electron chi connectivity index (χ0n) is 12.5. The first kappa shape index (κ1) is 13.7. The van der Waals surface area contributed by atoms with Crippen molar-refractivity contribution in [1.82, 2.24) is 4.98 Å². The number of rotatable bonds is 3. The predicted molar refractivity (Wildman–Crippen MR) is 89.3 cm³/mol. The van der Waals surface area contributed by atoms with Crippen LogP contribution in [-0.4, -0.2) is 18.2 Å². The molecular weight excluding hydrogens is 292 g/mol. The molecule has 1 aliphatic rings. The molecule has 0 bridgehead atoms. The molecule has 1 aromatic heterocycles. The Morgan fingerprint density at radius 1 is 1.00 bits per heavy atom. The maximum Gasteiger partial charge on any atom is 0.253 e. The van der Waals surface area contributed by atoms with Crippen molar-refractivity contribution >= 4 is 16.6 Å². The first-order valence-electron chi connectivity index (χ1n) is 7.54. The second-order valence-corrected chi connectivity index (χ2v) is 5.43. The average Bonchev–Trinajstić information content (AvgIpc) is 2.59. The quantitative estimate of drug-likeness (QED) is 0.781. The minimum atomic E-state index is -0.0994. The zero-order valence-corrected chi connectivity index (χ0v) is 12.5. The summed E-state index contributed by atoms with van der Waals surface area (Å²) in [5, 5.41) is 4.18.